The first-order valence-electron chi connectivity index (χ1n) is 13.5. The first-order chi connectivity index (χ1) is 20.0. The summed E-state index contributed by atoms with van der Waals surface area (Å²) in [6.45, 7) is 5.19. The van der Waals surface area contributed by atoms with Gasteiger partial charge in [-0.15, -0.1) is 0 Å². The van der Waals surface area contributed by atoms with E-state index in [-0.39, 0.29) is 37.9 Å². The third-order valence-corrected chi connectivity index (χ3v) is 6.70. The van der Waals surface area contributed by atoms with E-state index < -0.39 is 34.5 Å². The lowest BCUT2D eigenvalue weighted by Gasteiger charge is -2.25. The summed E-state index contributed by atoms with van der Waals surface area (Å²) < 4.78 is 11.3. The zero-order valence-corrected chi connectivity index (χ0v) is 23.7. The zero-order valence-electron chi connectivity index (χ0n) is 23.7. The molecule has 0 radical (unpaired) electrons. The third kappa shape index (κ3) is 7.91. The van der Waals surface area contributed by atoms with Crippen molar-refractivity contribution in [3.05, 3.63) is 99.6 Å². The summed E-state index contributed by atoms with van der Waals surface area (Å²) in [7, 11) is 0. The third-order valence-electron chi connectivity index (χ3n) is 6.70. The standard InChI is InChI=1S/C31H34N4O7/c1-31(2,3)42-19-27(29(37)33-17-28(36)32-16-20-12-14-21(15-13-20)35(39)40)34-30(38)41-18-26-24-10-6-4-8-22(24)23-9-5-7-11-25(23)26/h4-15,26-27H,16-19H2,1-3H3,(H,32,36)(H,33,37)(H,34,38)/t27-/m1/s1. The molecule has 0 fully saturated rings. The highest BCUT2D eigenvalue weighted by atomic mass is 16.6. The Morgan fingerprint density at radius 1 is 0.905 bits per heavy atom. The normalized spacial score (nSPS) is 12.9. The smallest absolute Gasteiger partial charge is 0.407 e. The molecule has 0 bridgehead atoms. The Morgan fingerprint density at radius 3 is 2.07 bits per heavy atom. The number of hydrogen-bond donors (Lipinski definition) is 3. The Kier molecular flexibility index (Phi) is 9.53. The van der Waals surface area contributed by atoms with E-state index in [1.807, 2.05) is 69.3 Å². The van der Waals surface area contributed by atoms with Crippen molar-refractivity contribution in [2.75, 3.05) is 19.8 Å². The molecule has 11 nitrogen and oxygen atoms in total. The minimum Gasteiger partial charge on any atom is -0.449 e. The second-order valence-corrected chi connectivity index (χ2v) is 10.9. The summed E-state index contributed by atoms with van der Waals surface area (Å²) in [4.78, 5) is 48.4. The van der Waals surface area contributed by atoms with Crippen LogP contribution in [0.1, 0.15) is 43.4 Å². The number of benzene rings is 3. The van der Waals surface area contributed by atoms with Crippen LogP contribution in [0.5, 0.6) is 0 Å². The van der Waals surface area contributed by atoms with Crippen molar-refractivity contribution in [3.8, 4) is 11.1 Å². The Balaban J connectivity index is 1.31. The molecule has 0 spiro atoms. The molecule has 3 aromatic rings. The second kappa shape index (κ2) is 13.3. The van der Waals surface area contributed by atoms with Gasteiger partial charge in [0.05, 0.1) is 23.7 Å². The van der Waals surface area contributed by atoms with Crippen molar-refractivity contribution >= 4 is 23.6 Å². The van der Waals surface area contributed by atoms with Crippen molar-refractivity contribution in [1.29, 1.82) is 0 Å². The molecule has 4 rings (SSSR count). The van der Waals surface area contributed by atoms with Crippen LogP contribution in [0.4, 0.5) is 10.5 Å². The van der Waals surface area contributed by atoms with Crippen LogP contribution in [-0.2, 0) is 25.6 Å². The number of non-ortho nitro benzene ring substituents is 1. The number of amides is 3. The summed E-state index contributed by atoms with van der Waals surface area (Å²) in [5, 5.41) is 18.5. The summed E-state index contributed by atoms with van der Waals surface area (Å²) >= 11 is 0. The molecule has 0 saturated heterocycles. The van der Waals surface area contributed by atoms with E-state index >= 15 is 0 Å². The van der Waals surface area contributed by atoms with Gasteiger partial charge in [0.2, 0.25) is 11.8 Å². The molecule has 3 N–H and O–H groups in total. The molecule has 1 aliphatic carbocycles. The molecule has 0 aromatic heterocycles. The molecule has 220 valence electrons. The number of carbonyl (C=O) groups excluding carboxylic acids is 3. The lowest BCUT2D eigenvalue weighted by molar-refractivity contribution is -0.384. The minimum atomic E-state index is -1.11. The number of rotatable bonds is 11. The highest BCUT2D eigenvalue weighted by Gasteiger charge is 2.30. The van der Waals surface area contributed by atoms with Gasteiger partial charge >= 0.3 is 6.09 Å². The van der Waals surface area contributed by atoms with Crippen LogP contribution in [0, 0.1) is 10.1 Å². The molecule has 42 heavy (non-hydrogen) atoms. The highest BCUT2D eigenvalue weighted by Crippen LogP contribution is 2.44. The second-order valence-electron chi connectivity index (χ2n) is 10.9. The van der Waals surface area contributed by atoms with Crippen molar-refractivity contribution in [2.45, 2.75) is 44.9 Å². The van der Waals surface area contributed by atoms with Crippen molar-refractivity contribution < 1.29 is 28.8 Å². The molecule has 3 aromatic carbocycles. The van der Waals surface area contributed by atoms with Crippen LogP contribution in [0.25, 0.3) is 11.1 Å². The number of nitro groups is 1. The number of hydrogen-bond acceptors (Lipinski definition) is 7. The van der Waals surface area contributed by atoms with Crippen LogP contribution in [0.3, 0.4) is 0 Å². The average Bonchev–Trinajstić information content (AvgIpc) is 3.29. The average molecular weight is 575 g/mol. The van der Waals surface area contributed by atoms with Gasteiger partial charge in [0.15, 0.2) is 0 Å². The molecule has 0 unspecified atom stereocenters. The van der Waals surface area contributed by atoms with Crippen LogP contribution in [0.15, 0.2) is 72.8 Å². The number of carbonyl (C=O) groups is 3. The van der Waals surface area contributed by atoms with Gasteiger partial charge < -0.3 is 25.4 Å². The summed E-state index contributed by atoms with van der Waals surface area (Å²) in [6, 6.07) is 20.6. The number of ether oxygens (including phenoxy) is 2. The number of fused-ring (bicyclic) bond motifs is 3. The molecule has 0 aliphatic heterocycles. The number of nitro benzene ring substituents is 1. The van der Waals surface area contributed by atoms with E-state index in [1.54, 1.807) is 0 Å². The minimum absolute atomic E-state index is 0.0511. The monoisotopic (exact) mass is 574 g/mol. The maximum atomic E-state index is 13.0. The maximum absolute atomic E-state index is 13.0. The van der Waals surface area contributed by atoms with Crippen molar-refractivity contribution in [1.82, 2.24) is 16.0 Å². The van der Waals surface area contributed by atoms with Gasteiger partial charge in [0.1, 0.15) is 12.6 Å². The number of nitrogens with one attached hydrogen (secondary N) is 3. The fourth-order valence-corrected chi connectivity index (χ4v) is 4.59. The molecular formula is C31H34N4O7. The van der Waals surface area contributed by atoms with Crippen molar-refractivity contribution in [3.63, 3.8) is 0 Å². The number of alkyl carbamates (subject to hydrolysis) is 1. The number of nitrogens with zero attached hydrogens (tertiary/aromatic N) is 1. The van der Waals surface area contributed by atoms with Gasteiger partial charge in [-0.1, -0.05) is 60.7 Å². The largest absolute Gasteiger partial charge is 0.449 e. The first kappa shape index (κ1) is 30.2. The van der Waals surface area contributed by atoms with Gasteiger partial charge in [-0.3, -0.25) is 19.7 Å². The van der Waals surface area contributed by atoms with E-state index in [0.29, 0.717) is 5.56 Å². The molecule has 1 atom stereocenters. The summed E-state index contributed by atoms with van der Waals surface area (Å²) in [5.74, 6) is -1.22. The predicted octanol–water partition coefficient (Wildman–Crippen LogP) is 4.05. The topological polar surface area (TPSA) is 149 Å². The van der Waals surface area contributed by atoms with Gasteiger partial charge in [-0.2, -0.15) is 0 Å². The Morgan fingerprint density at radius 2 is 1.50 bits per heavy atom. The van der Waals surface area contributed by atoms with Crippen molar-refractivity contribution in [2.24, 2.45) is 0 Å². The Labute approximate surface area is 243 Å². The first-order valence-corrected chi connectivity index (χ1v) is 13.5. The van der Waals surface area contributed by atoms with E-state index in [1.165, 1.54) is 24.3 Å². The molecule has 11 heteroatoms. The molecule has 3 amide bonds. The SMILES string of the molecule is CC(C)(C)OC[C@@H](NC(=O)OCC1c2ccccc2-c2ccccc21)C(=O)NCC(=O)NCc1ccc([N+](=O)[O-])cc1. The molecular weight excluding hydrogens is 540 g/mol. The molecule has 0 saturated carbocycles. The van der Waals surface area contributed by atoms with E-state index in [2.05, 4.69) is 16.0 Å². The highest BCUT2D eigenvalue weighted by molar-refractivity contribution is 5.89. The fourth-order valence-electron chi connectivity index (χ4n) is 4.59. The van der Waals surface area contributed by atoms with E-state index in [4.69, 9.17) is 9.47 Å². The van der Waals surface area contributed by atoms with Gasteiger partial charge in [0, 0.05) is 24.6 Å². The summed E-state index contributed by atoms with van der Waals surface area (Å²) in [6.07, 6.45) is -0.780. The lowest BCUT2D eigenvalue weighted by Crippen LogP contribution is -2.52. The maximum Gasteiger partial charge on any atom is 0.407 e. The predicted molar refractivity (Wildman–Crippen MR) is 156 cm³/mol. The van der Waals surface area contributed by atoms with Crippen LogP contribution in [0.2, 0.25) is 0 Å². The van der Waals surface area contributed by atoms with Crippen LogP contribution >= 0.6 is 0 Å². The fraction of sp³-hybridized carbons (Fsp3) is 0.323. The zero-order chi connectivity index (χ0) is 30.3. The van der Waals surface area contributed by atoms with Crippen LogP contribution < -0.4 is 16.0 Å². The summed E-state index contributed by atoms with van der Waals surface area (Å²) in [5.41, 5.74) is 4.37. The molecule has 0 heterocycles. The Bertz CT molecular complexity index is 1400. The quantitative estimate of drug-likeness (QED) is 0.231. The van der Waals surface area contributed by atoms with Crippen LogP contribution in [-0.4, -0.2) is 54.2 Å². The van der Waals surface area contributed by atoms with E-state index in [9.17, 15) is 24.5 Å². The van der Waals surface area contributed by atoms with Gasteiger partial charge in [-0.05, 0) is 48.6 Å². The Hall–Kier alpha value is -4.77. The lowest BCUT2D eigenvalue weighted by atomic mass is 9.98. The van der Waals surface area contributed by atoms with Gasteiger partial charge in [-0.25, -0.2) is 4.79 Å². The molecule has 1 aliphatic rings. The van der Waals surface area contributed by atoms with Gasteiger partial charge in [0.25, 0.3) is 5.69 Å². The van der Waals surface area contributed by atoms with E-state index in [0.717, 1.165) is 22.3 Å².